The summed E-state index contributed by atoms with van der Waals surface area (Å²) in [5, 5.41) is 0.341. The molecule has 0 saturated carbocycles. The number of hydrogen-bond donors (Lipinski definition) is 0. The summed E-state index contributed by atoms with van der Waals surface area (Å²) >= 11 is 10.3. The average molecular weight is 350 g/mol. The molecule has 5 heteroatoms. The predicted molar refractivity (Wildman–Crippen MR) is 75.1 cm³/mol. The van der Waals surface area contributed by atoms with Crippen LogP contribution in [0.3, 0.4) is 0 Å². The maximum absolute atomic E-state index is 13.6. The molecule has 0 saturated heterocycles. The number of thioether (sulfide) groups is 1. The molecule has 0 nitrogen and oxygen atoms in total. The molecule has 0 atom stereocenters. The lowest BCUT2D eigenvalue weighted by Crippen LogP contribution is -1.87. The Morgan fingerprint density at radius 2 is 1.89 bits per heavy atom. The van der Waals surface area contributed by atoms with Crippen LogP contribution in [0.4, 0.5) is 8.78 Å². The highest BCUT2D eigenvalue weighted by molar-refractivity contribution is 9.10. The minimum atomic E-state index is -0.388. The Hall–Kier alpha value is -0.580. The van der Waals surface area contributed by atoms with Gasteiger partial charge in [0.15, 0.2) is 0 Å². The molecular weight excluding hydrogens is 342 g/mol. The molecule has 0 aliphatic carbocycles. The molecule has 0 aromatic heterocycles. The summed E-state index contributed by atoms with van der Waals surface area (Å²) < 4.78 is 27.4. The number of hydrogen-bond acceptors (Lipinski definition) is 1. The maximum atomic E-state index is 13.6. The van der Waals surface area contributed by atoms with Gasteiger partial charge in [-0.1, -0.05) is 33.6 Å². The number of halogens is 4. The molecule has 0 heterocycles. The highest BCUT2D eigenvalue weighted by Crippen LogP contribution is 2.28. The highest BCUT2D eigenvalue weighted by Gasteiger charge is 2.05. The van der Waals surface area contributed by atoms with Crippen LogP contribution < -0.4 is 0 Å². The fourth-order valence-corrected chi connectivity index (χ4v) is 2.99. The van der Waals surface area contributed by atoms with Crippen LogP contribution in [0.25, 0.3) is 0 Å². The molecule has 0 radical (unpaired) electrons. The van der Waals surface area contributed by atoms with Gasteiger partial charge in [0.05, 0.1) is 0 Å². The third kappa shape index (κ3) is 3.70. The Balaban J connectivity index is 2.11. The summed E-state index contributed by atoms with van der Waals surface area (Å²) in [7, 11) is 0. The molecule has 0 amide bonds. The fourth-order valence-electron chi connectivity index (χ4n) is 1.41. The topological polar surface area (TPSA) is 0 Å². The van der Waals surface area contributed by atoms with E-state index in [0.29, 0.717) is 25.7 Å². The van der Waals surface area contributed by atoms with Gasteiger partial charge < -0.3 is 0 Å². The van der Waals surface area contributed by atoms with Crippen molar-refractivity contribution in [2.24, 2.45) is 0 Å². The van der Waals surface area contributed by atoms with E-state index in [1.165, 1.54) is 30.0 Å². The quantitative estimate of drug-likeness (QED) is 0.643. The Labute approximate surface area is 121 Å². The molecule has 2 rings (SSSR count). The SMILES string of the molecule is Fc1cc(Cl)cc(SCc2ccc(Br)cc2F)c1. The van der Waals surface area contributed by atoms with Crippen molar-refractivity contribution in [3.8, 4) is 0 Å². The summed E-state index contributed by atoms with van der Waals surface area (Å²) in [6.45, 7) is 0. The zero-order valence-corrected chi connectivity index (χ0v) is 12.2. The van der Waals surface area contributed by atoms with Crippen LogP contribution in [0.2, 0.25) is 5.02 Å². The molecule has 0 unspecified atom stereocenters. The van der Waals surface area contributed by atoms with Crippen molar-refractivity contribution in [2.75, 3.05) is 0 Å². The van der Waals surface area contributed by atoms with E-state index in [9.17, 15) is 8.78 Å². The van der Waals surface area contributed by atoms with Crippen molar-refractivity contribution >= 4 is 39.3 Å². The zero-order chi connectivity index (χ0) is 13.1. The lowest BCUT2D eigenvalue weighted by molar-refractivity contribution is 0.616. The van der Waals surface area contributed by atoms with E-state index < -0.39 is 0 Å². The third-order valence-electron chi connectivity index (χ3n) is 2.25. The summed E-state index contributed by atoms with van der Waals surface area (Å²) in [5.74, 6) is -0.237. The summed E-state index contributed by atoms with van der Waals surface area (Å²) in [4.78, 5) is 0.683. The summed E-state index contributed by atoms with van der Waals surface area (Å²) in [6, 6.07) is 9.17. The first-order chi connectivity index (χ1) is 8.54. The monoisotopic (exact) mass is 348 g/mol. The number of rotatable bonds is 3. The summed E-state index contributed by atoms with van der Waals surface area (Å²) in [6.07, 6.45) is 0. The van der Waals surface area contributed by atoms with Crippen LogP contribution in [0.15, 0.2) is 45.8 Å². The molecule has 18 heavy (non-hydrogen) atoms. The van der Waals surface area contributed by atoms with Crippen molar-refractivity contribution < 1.29 is 8.78 Å². The second kappa shape index (κ2) is 6.04. The van der Waals surface area contributed by atoms with E-state index >= 15 is 0 Å². The van der Waals surface area contributed by atoms with Crippen molar-refractivity contribution in [3.63, 3.8) is 0 Å². The lowest BCUT2D eigenvalue weighted by atomic mass is 10.2. The van der Waals surface area contributed by atoms with Gasteiger partial charge in [0.25, 0.3) is 0 Å². The van der Waals surface area contributed by atoms with Crippen LogP contribution in [-0.2, 0) is 5.75 Å². The molecule has 0 N–H and O–H groups in total. The van der Waals surface area contributed by atoms with Gasteiger partial charge in [-0.15, -0.1) is 11.8 Å². The van der Waals surface area contributed by atoms with Crippen molar-refractivity contribution in [1.29, 1.82) is 0 Å². The smallest absolute Gasteiger partial charge is 0.128 e. The molecule has 0 aliphatic rings. The lowest BCUT2D eigenvalue weighted by Gasteiger charge is -2.05. The van der Waals surface area contributed by atoms with Gasteiger partial charge in [-0.2, -0.15) is 0 Å². The first-order valence-electron chi connectivity index (χ1n) is 5.07. The van der Waals surface area contributed by atoms with Crippen LogP contribution in [0, 0.1) is 11.6 Å². The Morgan fingerprint density at radius 3 is 2.56 bits per heavy atom. The fraction of sp³-hybridized carbons (Fsp3) is 0.0769. The van der Waals surface area contributed by atoms with E-state index in [1.807, 2.05) is 0 Å². The van der Waals surface area contributed by atoms with E-state index in [1.54, 1.807) is 18.2 Å². The Bertz CT molecular complexity index is 555. The van der Waals surface area contributed by atoms with Crippen LogP contribution in [0.5, 0.6) is 0 Å². The molecule has 94 valence electrons. The largest absolute Gasteiger partial charge is 0.207 e. The van der Waals surface area contributed by atoms with Crippen molar-refractivity contribution in [1.82, 2.24) is 0 Å². The van der Waals surface area contributed by atoms with Gasteiger partial charge in [0, 0.05) is 20.1 Å². The third-order valence-corrected chi connectivity index (χ3v) is 3.98. The van der Waals surface area contributed by atoms with Crippen LogP contribution >= 0.6 is 39.3 Å². The Morgan fingerprint density at radius 1 is 1.11 bits per heavy atom. The minimum Gasteiger partial charge on any atom is -0.207 e. The molecule has 0 spiro atoms. The second-order valence-corrected chi connectivity index (χ2v) is 6.03. The van der Waals surface area contributed by atoms with Gasteiger partial charge in [-0.25, -0.2) is 8.78 Å². The standard InChI is InChI=1S/C13H8BrClF2S/c14-9-2-1-8(13(17)3-9)7-18-12-5-10(15)4-11(16)6-12/h1-6H,7H2. The van der Waals surface area contributed by atoms with E-state index in [2.05, 4.69) is 15.9 Å². The van der Waals surface area contributed by atoms with E-state index in [-0.39, 0.29) is 11.6 Å². The second-order valence-electron chi connectivity index (χ2n) is 3.63. The van der Waals surface area contributed by atoms with E-state index in [0.717, 1.165) is 0 Å². The number of benzene rings is 2. The average Bonchev–Trinajstić information content (AvgIpc) is 2.26. The van der Waals surface area contributed by atoms with E-state index in [4.69, 9.17) is 11.6 Å². The van der Waals surface area contributed by atoms with Crippen LogP contribution in [0.1, 0.15) is 5.56 Å². The highest BCUT2D eigenvalue weighted by atomic mass is 79.9. The first kappa shape index (κ1) is 13.8. The van der Waals surface area contributed by atoms with Gasteiger partial charge in [0.2, 0.25) is 0 Å². The van der Waals surface area contributed by atoms with Gasteiger partial charge in [-0.3, -0.25) is 0 Å². The summed E-state index contributed by atoms with van der Waals surface area (Å²) in [5.41, 5.74) is 0.573. The van der Waals surface area contributed by atoms with Crippen molar-refractivity contribution in [2.45, 2.75) is 10.6 Å². The molecule has 0 bridgehead atoms. The van der Waals surface area contributed by atoms with Gasteiger partial charge >= 0.3 is 0 Å². The molecule has 0 aliphatic heterocycles. The normalized spacial score (nSPS) is 10.7. The molecule has 2 aromatic carbocycles. The zero-order valence-electron chi connectivity index (χ0n) is 9.09. The maximum Gasteiger partial charge on any atom is 0.128 e. The molecule has 2 aromatic rings. The predicted octanol–water partition coefficient (Wildman–Crippen LogP) is 5.67. The van der Waals surface area contributed by atoms with Gasteiger partial charge in [0.1, 0.15) is 11.6 Å². The minimum absolute atomic E-state index is 0.278. The van der Waals surface area contributed by atoms with Crippen molar-refractivity contribution in [3.05, 3.63) is 63.1 Å². The first-order valence-corrected chi connectivity index (χ1v) is 7.23. The molecule has 0 fully saturated rings. The van der Waals surface area contributed by atoms with Gasteiger partial charge in [-0.05, 0) is 35.9 Å². The van der Waals surface area contributed by atoms with Crippen LogP contribution in [-0.4, -0.2) is 0 Å². The molecular formula is C13H8BrClF2S. The Kier molecular flexibility index (Phi) is 4.65.